The Bertz CT molecular complexity index is 755. The Labute approximate surface area is 104 Å². The zero-order chi connectivity index (χ0) is 13.9. The molecule has 0 saturated carbocycles. The normalized spacial score (nSPS) is 12.5. The Morgan fingerprint density at radius 3 is 2.00 bits per heavy atom. The Balaban J connectivity index is 2.47. The summed E-state index contributed by atoms with van der Waals surface area (Å²) in [7, 11) is 0. The van der Waals surface area contributed by atoms with Crippen molar-refractivity contribution in [3.8, 4) is 11.1 Å². The second-order valence-corrected chi connectivity index (χ2v) is 4.14. The van der Waals surface area contributed by atoms with Crippen LogP contribution in [0, 0.1) is 23.3 Å². The molecule has 2 aromatic rings. The molecule has 0 fully saturated rings. The van der Waals surface area contributed by atoms with E-state index in [2.05, 4.69) is 0 Å². The lowest BCUT2D eigenvalue weighted by atomic mass is 10.0. The van der Waals surface area contributed by atoms with E-state index >= 15 is 0 Å². The molecule has 0 saturated heterocycles. The smallest absolute Gasteiger partial charge is 0.198 e. The molecule has 0 radical (unpaired) electrons. The van der Waals surface area contributed by atoms with Gasteiger partial charge in [-0.1, -0.05) is 6.07 Å². The molecular weight excluding hydrogens is 262 g/mol. The molecule has 2 N–H and O–H groups in total. The summed E-state index contributed by atoms with van der Waals surface area (Å²) < 4.78 is 53.7. The number of nitrogen functional groups attached to an aromatic ring is 1. The topological polar surface area (TPSA) is 43.1 Å². The van der Waals surface area contributed by atoms with Crippen LogP contribution in [0.15, 0.2) is 18.2 Å². The third-order valence-corrected chi connectivity index (χ3v) is 3.05. The minimum Gasteiger partial charge on any atom is -0.399 e. The second-order valence-electron chi connectivity index (χ2n) is 4.14. The highest BCUT2D eigenvalue weighted by Crippen LogP contribution is 2.42. The number of anilines is 1. The van der Waals surface area contributed by atoms with Gasteiger partial charge in [-0.2, -0.15) is 0 Å². The molecule has 1 aliphatic rings. The summed E-state index contributed by atoms with van der Waals surface area (Å²) in [6.07, 6.45) is 0. The number of fused-ring (bicyclic) bond motifs is 3. The van der Waals surface area contributed by atoms with Crippen molar-refractivity contribution in [3.05, 3.63) is 52.6 Å². The number of halogens is 4. The van der Waals surface area contributed by atoms with Crippen LogP contribution in [0.25, 0.3) is 11.1 Å². The quantitative estimate of drug-likeness (QED) is 0.294. The highest BCUT2D eigenvalue weighted by Gasteiger charge is 2.37. The molecule has 1 aliphatic carbocycles. The fourth-order valence-electron chi connectivity index (χ4n) is 2.20. The predicted molar refractivity (Wildman–Crippen MR) is 59.6 cm³/mol. The maximum absolute atomic E-state index is 13.7. The molecule has 2 nitrogen and oxygen atoms in total. The van der Waals surface area contributed by atoms with Gasteiger partial charge in [0.25, 0.3) is 0 Å². The van der Waals surface area contributed by atoms with Crippen molar-refractivity contribution in [2.45, 2.75) is 0 Å². The zero-order valence-electron chi connectivity index (χ0n) is 9.23. The largest absolute Gasteiger partial charge is 0.399 e. The molecule has 0 heterocycles. The second kappa shape index (κ2) is 3.57. The van der Waals surface area contributed by atoms with Crippen LogP contribution in [0.2, 0.25) is 0 Å². The van der Waals surface area contributed by atoms with E-state index < -0.39 is 40.2 Å². The van der Waals surface area contributed by atoms with Gasteiger partial charge in [-0.05, 0) is 17.7 Å². The van der Waals surface area contributed by atoms with Gasteiger partial charge >= 0.3 is 0 Å². The molecule has 0 aromatic heterocycles. The summed E-state index contributed by atoms with van der Waals surface area (Å²) in [6, 6.07) is 3.85. The van der Waals surface area contributed by atoms with Gasteiger partial charge in [-0.25, -0.2) is 17.6 Å². The van der Waals surface area contributed by atoms with Crippen molar-refractivity contribution < 1.29 is 22.4 Å². The molecular formula is C13H5F4NO. The maximum Gasteiger partial charge on any atom is 0.198 e. The molecule has 2 aromatic carbocycles. The Kier molecular flexibility index (Phi) is 2.20. The summed E-state index contributed by atoms with van der Waals surface area (Å²) in [5.74, 6) is -8.11. The highest BCUT2D eigenvalue weighted by molar-refractivity contribution is 6.22. The van der Waals surface area contributed by atoms with Crippen LogP contribution >= 0.6 is 0 Å². The monoisotopic (exact) mass is 267 g/mol. The first-order chi connectivity index (χ1) is 8.93. The first kappa shape index (κ1) is 11.7. The molecule has 3 rings (SSSR count). The first-order valence-electron chi connectivity index (χ1n) is 5.24. The minimum absolute atomic E-state index is 0.00417. The SMILES string of the molecule is Nc1ccc2c(c1)C(=O)c1c(F)c(F)c(F)c(F)c1-2. The first-order valence-corrected chi connectivity index (χ1v) is 5.24. The molecule has 0 aliphatic heterocycles. The van der Waals surface area contributed by atoms with Gasteiger partial charge in [0, 0.05) is 16.8 Å². The van der Waals surface area contributed by atoms with Crippen LogP contribution in [0.4, 0.5) is 23.2 Å². The molecule has 0 bridgehead atoms. The van der Waals surface area contributed by atoms with Gasteiger partial charge in [0.05, 0.1) is 5.56 Å². The Morgan fingerprint density at radius 2 is 1.37 bits per heavy atom. The van der Waals surface area contributed by atoms with Gasteiger partial charge in [-0.3, -0.25) is 4.79 Å². The molecule has 0 amide bonds. The lowest BCUT2D eigenvalue weighted by molar-refractivity contribution is 0.103. The fourth-order valence-corrected chi connectivity index (χ4v) is 2.20. The average Bonchev–Trinajstić information content (AvgIpc) is 2.67. The van der Waals surface area contributed by atoms with Crippen LogP contribution in [0.1, 0.15) is 15.9 Å². The van der Waals surface area contributed by atoms with E-state index in [0.29, 0.717) is 0 Å². The zero-order valence-corrected chi connectivity index (χ0v) is 9.23. The molecule has 19 heavy (non-hydrogen) atoms. The van der Waals surface area contributed by atoms with Crippen molar-refractivity contribution in [2.75, 3.05) is 5.73 Å². The number of hydrogen-bond acceptors (Lipinski definition) is 2. The summed E-state index contributed by atoms with van der Waals surface area (Å²) >= 11 is 0. The number of hydrogen-bond donors (Lipinski definition) is 1. The molecule has 6 heteroatoms. The Hall–Kier alpha value is -2.37. The summed E-state index contributed by atoms with van der Waals surface area (Å²) in [4.78, 5) is 11.9. The van der Waals surface area contributed by atoms with E-state index in [1.165, 1.54) is 18.2 Å². The van der Waals surface area contributed by atoms with Crippen molar-refractivity contribution in [2.24, 2.45) is 0 Å². The van der Waals surface area contributed by atoms with Gasteiger partial charge in [0.1, 0.15) is 0 Å². The number of rotatable bonds is 0. The molecule has 0 atom stereocenters. The maximum atomic E-state index is 13.7. The third-order valence-electron chi connectivity index (χ3n) is 3.05. The standard InChI is InChI=1S/C13H5F4NO/c14-9-7-5-2-1-4(18)3-6(5)13(19)8(7)10(15)12(17)11(9)16/h1-3H,18H2. The van der Waals surface area contributed by atoms with Crippen LogP contribution in [0.5, 0.6) is 0 Å². The minimum atomic E-state index is -2.00. The van der Waals surface area contributed by atoms with Crippen molar-refractivity contribution in [1.82, 2.24) is 0 Å². The predicted octanol–water partition coefficient (Wildman–Crippen LogP) is 3.04. The summed E-state index contributed by atoms with van der Waals surface area (Å²) in [5.41, 5.74) is 4.27. The van der Waals surface area contributed by atoms with E-state index in [9.17, 15) is 22.4 Å². The number of nitrogens with two attached hydrogens (primary N) is 1. The van der Waals surface area contributed by atoms with E-state index in [1.54, 1.807) is 0 Å². The van der Waals surface area contributed by atoms with Gasteiger partial charge in [0.2, 0.25) is 0 Å². The van der Waals surface area contributed by atoms with Crippen LogP contribution in [-0.2, 0) is 0 Å². The lowest BCUT2D eigenvalue weighted by Gasteiger charge is -2.05. The molecule has 96 valence electrons. The van der Waals surface area contributed by atoms with E-state index in [-0.39, 0.29) is 16.8 Å². The highest BCUT2D eigenvalue weighted by atomic mass is 19.2. The van der Waals surface area contributed by atoms with E-state index in [4.69, 9.17) is 5.73 Å². The third kappa shape index (κ3) is 1.34. The summed E-state index contributed by atoms with van der Waals surface area (Å²) in [5, 5.41) is 0. The summed E-state index contributed by atoms with van der Waals surface area (Å²) in [6.45, 7) is 0. The number of ketones is 1. The van der Waals surface area contributed by atoms with Crippen LogP contribution in [-0.4, -0.2) is 5.78 Å². The number of carbonyl (C=O) groups excluding carboxylic acids is 1. The molecule has 0 spiro atoms. The lowest BCUT2D eigenvalue weighted by Crippen LogP contribution is -2.06. The van der Waals surface area contributed by atoms with E-state index in [1.807, 2.05) is 0 Å². The van der Waals surface area contributed by atoms with Crippen molar-refractivity contribution in [1.29, 1.82) is 0 Å². The van der Waals surface area contributed by atoms with Gasteiger partial charge in [0.15, 0.2) is 29.1 Å². The van der Waals surface area contributed by atoms with E-state index in [0.717, 1.165) is 0 Å². The fraction of sp³-hybridized carbons (Fsp3) is 0. The number of benzene rings is 2. The molecule has 0 unspecified atom stereocenters. The van der Waals surface area contributed by atoms with Crippen LogP contribution < -0.4 is 5.73 Å². The van der Waals surface area contributed by atoms with Gasteiger partial charge < -0.3 is 5.73 Å². The van der Waals surface area contributed by atoms with Crippen molar-refractivity contribution in [3.63, 3.8) is 0 Å². The Morgan fingerprint density at radius 1 is 0.789 bits per heavy atom. The van der Waals surface area contributed by atoms with Gasteiger partial charge in [-0.15, -0.1) is 0 Å². The average molecular weight is 267 g/mol. The van der Waals surface area contributed by atoms with Crippen LogP contribution in [0.3, 0.4) is 0 Å². The number of carbonyl (C=O) groups is 1. The van der Waals surface area contributed by atoms with Crippen molar-refractivity contribution >= 4 is 11.5 Å².